The molecule has 1 heterocycles. The van der Waals surface area contributed by atoms with Crippen molar-refractivity contribution in [2.24, 2.45) is 5.41 Å². The molecule has 110 valence electrons. The molecule has 0 radical (unpaired) electrons. The molecule has 1 N–H and O–H groups in total. The Morgan fingerprint density at radius 2 is 2.00 bits per heavy atom. The summed E-state index contributed by atoms with van der Waals surface area (Å²) in [6, 6.07) is 8.33. The summed E-state index contributed by atoms with van der Waals surface area (Å²) in [6.45, 7) is 6.07. The van der Waals surface area contributed by atoms with E-state index in [1.54, 1.807) is 0 Å². The van der Waals surface area contributed by atoms with Crippen LogP contribution in [0.2, 0.25) is 0 Å². The zero-order valence-electron chi connectivity index (χ0n) is 12.9. The summed E-state index contributed by atoms with van der Waals surface area (Å²) in [5.41, 5.74) is 2.10. The highest BCUT2D eigenvalue weighted by atomic mass is 16.2. The van der Waals surface area contributed by atoms with E-state index in [9.17, 15) is 4.79 Å². The first-order valence-electron chi connectivity index (χ1n) is 7.71. The molecule has 1 atom stereocenters. The quantitative estimate of drug-likeness (QED) is 0.895. The third-order valence-corrected chi connectivity index (χ3v) is 4.46. The van der Waals surface area contributed by atoms with E-state index in [4.69, 9.17) is 0 Å². The summed E-state index contributed by atoms with van der Waals surface area (Å²) in [7, 11) is 1.90. The zero-order valence-corrected chi connectivity index (χ0v) is 12.9. The van der Waals surface area contributed by atoms with Crippen LogP contribution < -0.4 is 10.2 Å². The highest BCUT2D eigenvalue weighted by Crippen LogP contribution is 2.34. The predicted octanol–water partition coefficient (Wildman–Crippen LogP) is 2.99. The van der Waals surface area contributed by atoms with Crippen molar-refractivity contribution in [3.8, 4) is 0 Å². The van der Waals surface area contributed by atoms with E-state index in [2.05, 4.69) is 43.4 Å². The van der Waals surface area contributed by atoms with Gasteiger partial charge in [0, 0.05) is 19.3 Å². The van der Waals surface area contributed by atoms with Crippen LogP contribution in [-0.4, -0.2) is 26.0 Å². The van der Waals surface area contributed by atoms with Gasteiger partial charge >= 0.3 is 0 Å². The smallest absolute Gasteiger partial charge is 0.234 e. The van der Waals surface area contributed by atoms with Crippen molar-refractivity contribution in [1.82, 2.24) is 5.32 Å². The Bertz CT molecular complexity index is 447. The van der Waals surface area contributed by atoms with Gasteiger partial charge in [0.1, 0.15) is 0 Å². The number of anilines is 1. The SMILES string of the molecule is CCCC1(C(=O)N(C)c2ccc(CC)cc2)CCNC1. The maximum Gasteiger partial charge on any atom is 0.234 e. The third kappa shape index (κ3) is 2.88. The van der Waals surface area contributed by atoms with E-state index in [0.717, 1.165) is 44.5 Å². The lowest BCUT2D eigenvalue weighted by atomic mass is 9.81. The van der Waals surface area contributed by atoms with Gasteiger partial charge in [-0.15, -0.1) is 0 Å². The Morgan fingerprint density at radius 3 is 2.50 bits per heavy atom. The second-order valence-electron chi connectivity index (χ2n) is 5.84. The maximum atomic E-state index is 12.9. The topological polar surface area (TPSA) is 32.3 Å². The first-order chi connectivity index (χ1) is 9.63. The Labute approximate surface area is 122 Å². The summed E-state index contributed by atoms with van der Waals surface area (Å²) in [5, 5.41) is 3.36. The molecule has 1 aromatic carbocycles. The molecule has 0 spiro atoms. The monoisotopic (exact) mass is 274 g/mol. The minimum atomic E-state index is -0.201. The molecule has 1 aliphatic heterocycles. The third-order valence-electron chi connectivity index (χ3n) is 4.46. The molecule has 1 saturated heterocycles. The number of carbonyl (C=O) groups excluding carboxylic acids is 1. The van der Waals surface area contributed by atoms with Gasteiger partial charge in [0.25, 0.3) is 0 Å². The van der Waals surface area contributed by atoms with Crippen LogP contribution in [0.3, 0.4) is 0 Å². The number of amides is 1. The largest absolute Gasteiger partial charge is 0.316 e. The van der Waals surface area contributed by atoms with Crippen LogP contribution >= 0.6 is 0 Å². The number of hydrogen-bond donors (Lipinski definition) is 1. The molecule has 1 unspecified atom stereocenters. The fourth-order valence-electron chi connectivity index (χ4n) is 3.15. The predicted molar refractivity (Wildman–Crippen MR) is 84.1 cm³/mol. The summed E-state index contributed by atoms with van der Waals surface area (Å²) in [6.07, 6.45) is 4.00. The van der Waals surface area contributed by atoms with Gasteiger partial charge in [-0.05, 0) is 43.5 Å². The van der Waals surface area contributed by atoms with Crippen LogP contribution in [0.25, 0.3) is 0 Å². The number of aryl methyl sites for hydroxylation is 1. The van der Waals surface area contributed by atoms with E-state index in [1.807, 2.05) is 11.9 Å². The minimum absolute atomic E-state index is 0.201. The van der Waals surface area contributed by atoms with E-state index in [-0.39, 0.29) is 11.3 Å². The summed E-state index contributed by atoms with van der Waals surface area (Å²) in [5.74, 6) is 0.258. The molecule has 0 aliphatic carbocycles. The van der Waals surface area contributed by atoms with Crippen LogP contribution in [0.4, 0.5) is 5.69 Å². The zero-order chi connectivity index (χ0) is 14.6. The lowest BCUT2D eigenvalue weighted by Gasteiger charge is -2.31. The van der Waals surface area contributed by atoms with Gasteiger partial charge < -0.3 is 10.2 Å². The number of rotatable bonds is 5. The Kier molecular flexibility index (Phi) is 4.81. The average Bonchev–Trinajstić information content (AvgIpc) is 2.96. The van der Waals surface area contributed by atoms with Gasteiger partial charge in [0.2, 0.25) is 5.91 Å². The highest BCUT2D eigenvalue weighted by molar-refractivity contribution is 5.97. The molecule has 3 heteroatoms. The Balaban J connectivity index is 2.17. The maximum absolute atomic E-state index is 12.9. The van der Waals surface area contributed by atoms with Crippen molar-refractivity contribution < 1.29 is 4.79 Å². The number of nitrogens with zero attached hydrogens (tertiary/aromatic N) is 1. The van der Waals surface area contributed by atoms with Crippen molar-refractivity contribution in [3.63, 3.8) is 0 Å². The van der Waals surface area contributed by atoms with Crippen molar-refractivity contribution in [2.45, 2.75) is 39.5 Å². The Morgan fingerprint density at radius 1 is 1.30 bits per heavy atom. The second-order valence-corrected chi connectivity index (χ2v) is 5.84. The lowest BCUT2D eigenvalue weighted by Crippen LogP contribution is -2.43. The first kappa shape index (κ1) is 15.0. The van der Waals surface area contributed by atoms with Crippen LogP contribution in [-0.2, 0) is 11.2 Å². The van der Waals surface area contributed by atoms with Crippen LogP contribution in [0.5, 0.6) is 0 Å². The van der Waals surface area contributed by atoms with Crippen molar-refractivity contribution in [2.75, 3.05) is 25.0 Å². The van der Waals surface area contributed by atoms with E-state index < -0.39 is 0 Å². The average molecular weight is 274 g/mol. The molecule has 0 saturated carbocycles. The Hall–Kier alpha value is -1.35. The molecule has 2 rings (SSSR count). The molecule has 1 aromatic rings. The van der Waals surface area contributed by atoms with Gasteiger partial charge in [0.15, 0.2) is 0 Å². The van der Waals surface area contributed by atoms with Gasteiger partial charge in [-0.1, -0.05) is 32.4 Å². The van der Waals surface area contributed by atoms with Gasteiger partial charge in [-0.25, -0.2) is 0 Å². The molecular formula is C17H26N2O. The molecule has 20 heavy (non-hydrogen) atoms. The molecule has 1 aliphatic rings. The van der Waals surface area contributed by atoms with Gasteiger partial charge in [-0.2, -0.15) is 0 Å². The fraction of sp³-hybridized carbons (Fsp3) is 0.588. The van der Waals surface area contributed by atoms with Crippen LogP contribution in [0, 0.1) is 5.41 Å². The normalized spacial score (nSPS) is 21.9. The minimum Gasteiger partial charge on any atom is -0.316 e. The van der Waals surface area contributed by atoms with Gasteiger partial charge in [-0.3, -0.25) is 4.79 Å². The lowest BCUT2D eigenvalue weighted by molar-refractivity contribution is -0.127. The van der Waals surface area contributed by atoms with Crippen LogP contribution in [0.1, 0.15) is 38.7 Å². The highest BCUT2D eigenvalue weighted by Gasteiger charge is 2.42. The number of nitrogens with one attached hydrogen (secondary N) is 1. The molecule has 1 fully saturated rings. The first-order valence-corrected chi connectivity index (χ1v) is 7.71. The molecule has 0 aromatic heterocycles. The van der Waals surface area contributed by atoms with Gasteiger partial charge in [0.05, 0.1) is 5.41 Å². The summed E-state index contributed by atoms with van der Waals surface area (Å²) >= 11 is 0. The fourth-order valence-corrected chi connectivity index (χ4v) is 3.15. The summed E-state index contributed by atoms with van der Waals surface area (Å²) in [4.78, 5) is 14.7. The number of hydrogen-bond acceptors (Lipinski definition) is 2. The van der Waals surface area contributed by atoms with E-state index in [1.165, 1.54) is 5.56 Å². The second kappa shape index (κ2) is 6.40. The van der Waals surface area contributed by atoms with Crippen LogP contribution in [0.15, 0.2) is 24.3 Å². The number of carbonyl (C=O) groups is 1. The van der Waals surface area contributed by atoms with E-state index >= 15 is 0 Å². The molecule has 3 nitrogen and oxygen atoms in total. The molecule has 0 bridgehead atoms. The standard InChI is InChI=1S/C17H26N2O/c1-4-10-17(11-12-18-13-17)16(20)19(3)15-8-6-14(5-2)7-9-15/h6-9,18H,4-5,10-13H2,1-3H3. The number of benzene rings is 1. The molecule has 1 amide bonds. The van der Waals surface area contributed by atoms with E-state index in [0.29, 0.717) is 0 Å². The van der Waals surface area contributed by atoms with Crippen molar-refractivity contribution >= 4 is 11.6 Å². The summed E-state index contributed by atoms with van der Waals surface area (Å²) < 4.78 is 0. The van der Waals surface area contributed by atoms with Crippen molar-refractivity contribution in [3.05, 3.63) is 29.8 Å². The molecular weight excluding hydrogens is 248 g/mol. The van der Waals surface area contributed by atoms with Crippen molar-refractivity contribution in [1.29, 1.82) is 0 Å².